The van der Waals surface area contributed by atoms with Crippen LogP contribution < -0.4 is 10.2 Å². The molecule has 1 aromatic carbocycles. The SMILES string of the molecule is CC1C(=O)N(C)CCN1CCOc1ccc(B2OC(C)(C)C(C)(C)O2)cc1. The summed E-state index contributed by atoms with van der Waals surface area (Å²) in [7, 11) is 1.50. The molecule has 0 bridgehead atoms. The lowest BCUT2D eigenvalue weighted by Gasteiger charge is -2.37. The molecule has 2 fully saturated rings. The van der Waals surface area contributed by atoms with Gasteiger partial charge in [0.05, 0.1) is 17.2 Å². The molecular formula is C20H31BN2O4. The molecule has 2 aliphatic heterocycles. The van der Waals surface area contributed by atoms with Gasteiger partial charge in [0.15, 0.2) is 0 Å². The topological polar surface area (TPSA) is 51.2 Å². The second-order valence-corrected chi connectivity index (χ2v) is 8.48. The maximum absolute atomic E-state index is 12.0. The Bertz CT molecular complexity index is 661. The Labute approximate surface area is 162 Å². The number of nitrogens with zero attached hydrogens (tertiary/aromatic N) is 2. The van der Waals surface area contributed by atoms with Gasteiger partial charge in [0, 0.05) is 26.7 Å². The van der Waals surface area contributed by atoms with Crippen molar-refractivity contribution in [3.05, 3.63) is 24.3 Å². The molecule has 6 nitrogen and oxygen atoms in total. The van der Waals surface area contributed by atoms with E-state index in [9.17, 15) is 4.79 Å². The second-order valence-electron chi connectivity index (χ2n) is 8.48. The lowest BCUT2D eigenvalue weighted by atomic mass is 9.79. The van der Waals surface area contributed by atoms with E-state index < -0.39 is 0 Å². The predicted octanol–water partition coefficient (Wildman–Crippen LogP) is 1.53. The number of amides is 1. The van der Waals surface area contributed by atoms with Gasteiger partial charge < -0.3 is 18.9 Å². The van der Waals surface area contributed by atoms with Crippen LogP contribution in [-0.2, 0) is 14.1 Å². The highest BCUT2D eigenvalue weighted by Crippen LogP contribution is 2.36. The normalized spacial score (nSPS) is 25.1. The van der Waals surface area contributed by atoms with E-state index in [0.717, 1.165) is 30.8 Å². The van der Waals surface area contributed by atoms with Gasteiger partial charge in [-0.2, -0.15) is 0 Å². The minimum Gasteiger partial charge on any atom is -0.492 e. The number of likely N-dealkylation sites (N-methyl/N-ethyl adjacent to an activating group) is 1. The Kier molecular flexibility index (Phi) is 5.57. The third-order valence-electron chi connectivity index (χ3n) is 6.06. The van der Waals surface area contributed by atoms with Crippen molar-refractivity contribution in [3.63, 3.8) is 0 Å². The van der Waals surface area contributed by atoms with E-state index in [1.54, 1.807) is 4.90 Å². The number of carbonyl (C=O) groups excluding carboxylic acids is 1. The first kappa shape index (κ1) is 20.2. The van der Waals surface area contributed by atoms with Crippen molar-refractivity contribution in [3.8, 4) is 5.75 Å². The van der Waals surface area contributed by atoms with Crippen molar-refractivity contribution in [1.29, 1.82) is 0 Å². The molecule has 0 aliphatic carbocycles. The molecule has 3 rings (SSSR count). The summed E-state index contributed by atoms with van der Waals surface area (Å²) < 4.78 is 18.0. The van der Waals surface area contributed by atoms with Crippen LogP contribution in [0.25, 0.3) is 0 Å². The molecule has 1 unspecified atom stereocenters. The molecule has 2 aliphatic rings. The average molecular weight is 374 g/mol. The highest BCUT2D eigenvalue weighted by Gasteiger charge is 2.51. The first-order valence-electron chi connectivity index (χ1n) is 9.68. The highest BCUT2D eigenvalue weighted by atomic mass is 16.7. The lowest BCUT2D eigenvalue weighted by molar-refractivity contribution is -0.139. The van der Waals surface area contributed by atoms with Crippen molar-refractivity contribution in [1.82, 2.24) is 9.80 Å². The molecule has 0 spiro atoms. The molecule has 2 saturated heterocycles. The fourth-order valence-corrected chi connectivity index (χ4v) is 3.34. The lowest BCUT2D eigenvalue weighted by Crippen LogP contribution is -2.55. The number of hydrogen-bond acceptors (Lipinski definition) is 5. The zero-order valence-electron chi connectivity index (χ0n) is 17.3. The summed E-state index contributed by atoms with van der Waals surface area (Å²) in [5.74, 6) is 0.983. The van der Waals surface area contributed by atoms with Crippen LogP contribution in [0.1, 0.15) is 34.6 Å². The summed E-state index contributed by atoms with van der Waals surface area (Å²) in [4.78, 5) is 16.0. The smallest absolute Gasteiger partial charge is 0.492 e. The molecule has 1 atom stereocenters. The van der Waals surface area contributed by atoms with Crippen LogP contribution in [0.4, 0.5) is 0 Å². The quantitative estimate of drug-likeness (QED) is 0.732. The van der Waals surface area contributed by atoms with Crippen LogP contribution in [-0.4, -0.2) is 73.4 Å². The molecule has 0 saturated carbocycles. The Morgan fingerprint density at radius 2 is 1.70 bits per heavy atom. The number of rotatable bonds is 5. The zero-order valence-corrected chi connectivity index (χ0v) is 17.3. The van der Waals surface area contributed by atoms with Crippen LogP contribution >= 0.6 is 0 Å². The number of hydrogen-bond donors (Lipinski definition) is 0. The van der Waals surface area contributed by atoms with E-state index in [0.29, 0.717) is 6.61 Å². The molecule has 0 radical (unpaired) electrons. The van der Waals surface area contributed by atoms with Gasteiger partial charge in [0.1, 0.15) is 12.4 Å². The molecule has 1 amide bonds. The molecule has 0 N–H and O–H groups in total. The van der Waals surface area contributed by atoms with Crippen LogP contribution in [0.3, 0.4) is 0 Å². The Morgan fingerprint density at radius 3 is 2.30 bits per heavy atom. The molecule has 2 heterocycles. The van der Waals surface area contributed by atoms with Gasteiger partial charge in [-0.25, -0.2) is 0 Å². The van der Waals surface area contributed by atoms with Gasteiger partial charge in [-0.05, 0) is 52.2 Å². The van der Waals surface area contributed by atoms with Crippen LogP contribution in [0.5, 0.6) is 5.75 Å². The van der Waals surface area contributed by atoms with Crippen molar-refractivity contribution in [2.45, 2.75) is 51.9 Å². The van der Waals surface area contributed by atoms with Gasteiger partial charge in [-0.1, -0.05) is 12.1 Å². The van der Waals surface area contributed by atoms with Crippen molar-refractivity contribution in [2.24, 2.45) is 0 Å². The van der Waals surface area contributed by atoms with E-state index in [1.807, 2.05) is 38.2 Å². The van der Waals surface area contributed by atoms with E-state index in [4.69, 9.17) is 14.0 Å². The highest BCUT2D eigenvalue weighted by molar-refractivity contribution is 6.62. The minimum atomic E-state index is -0.360. The first-order chi connectivity index (χ1) is 12.6. The molecule has 7 heteroatoms. The van der Waals surface area contributed by atoms with E-state index in [2.05, 4.69) is 32.6 Å². The zero-order chi connectivity index (χ0) is 19.8. The third-order valence-corrected chi connectivity index (χ3v) is 6.06. The Morgan fingerprint density at radius 1 is 1.11 bits per heavy atom. The minimum absolute atomic E-state index is 0.0851. The fourth-order valence-electron chi connectivity index (χ4n) is 3.34. The average Bonchev–Trinajstić information content (AvgIpc) is 2.83. The summed E-state index contributed by atoms with van der Waals surface area (Å²) in [6, 6.07) is 7.77. The van der Waals surface area contributed by atoms with E-state index in [-0.39, 0.29) is 30.3 Å². The number of piperazine rings is 1. The summed E-state index contributed by atoms with van der Waals surface area (Å²) in [6.45, 7) is 13.1. The number of carbonyl (C=O) groups is 1. The van der Waals surface area contributed by atoms with Crippen LogP contribution in [0.2, 0.25) is 0 Å². The number of benzene rings is 1. The van der Waals surface area contributed by atoms with Gasteiger partial charge in [0.25, 0.3) is 0 Å². The largest absolute Gasteiger partial charge is 0.494 e. The second kappa shape index (κ2) is 7.45. The van der Waals surface area contributed by atoms with Crippen molar-refractivity contribution < 1.29 is 18.8 Å². The standard InChI is InChI=1S/C20H31BN2O4/c1-15-18(24)22(6)11-12-23(15)13-14-25-17-9-7-16(8-10-17)21-26-19(2,3)20(4,5)27-21/h7-10,15H,11-14H2,1-6H3. The van der Waals surface area contributed by atoms with Gasteiger partial charge >= 0.3 is 7.12 Å². The predicted molar refractivity (Wildman–Crippen MR) is 106 cm³/mol. The summed E-state index contributed by atoms with van der Waals surface area (Å²) in [5, 5.41) is 0. The number of ether oxygens (including phenoxy) is 1. The summed E-state index contributed by atoms with van der Waals surface area (Å²) in [6.07, 6.45) is 0. The van der Waals surface area contributed by atoms with Crippen molar-refractivity contribution in [2.75, 3.05) is 33.3 Å². The molecular weight excluding hydrogens is 343 g/mol. The maximum Gasteiger partial charge on any atom is 0.494 e. The molecule has 1 aromatic rings. The van der Waals surface area contributed by atoms with Crippen LogP contribution in [0.15, 0.2) is 24.3 Å². The molecule has 148 valence electrons. The third kappa shape index (κ3) is 4.15. The van der Waals surface area contributed by atoms with Gasteiger partial charge in [0.2, 0.25) is 5.91 Å². The van der Waals surface area contributed by atoms with E-state index in [1.165, 1.54) is 0 Å². The fraction of sp³-hybridized carbons (Fsp3) is 0.650. The van der Waals surface area contributed by atoms with Gasteiger partial charge in [-0.15, -0.1) is 0 Å². The first-order valence-corrected chi connectivity index (χ1v) is 9.68. The maximum atomic E-state index is 12.0. The summed E-state index contributed by atoms with van der Waals surface area (Å²) >= 11 is 0. The van der Waals surface area contributed by atoms with Gasteiger partial charge in [-0.3, -0.25) is 9.69 Å². The van der Waals surface area contributed by atoms with Crippen LogP contribution in [0, 0.1) is 0 Å². The molecule has 0 aromatic heterocycles. The summed E-state index contributed by atoms with van der Waals surface area (Å²) in [5.41, 5.74) is 0.298. The monoisotopic (exact) mass is 374 g/mol. The Hall–Kier alpha value is -1.57. The Balaban J connectivity index is 1.51. The van der Waals surface area contributed by atoms with E-state index >= 15 is 0 Å². The molecule has 27 heavy (non-hydrogen) atoms. The van der Waals surface area contributed by atoms with Crippen molar-refractivity contribution >= 4 is 18.5 Å².